The second-order valence-corrected chi connectivity index (χ2v) is 11.1. The van der Waals surface area contributed by atoms with E-state index in [1.165, 1.54) is 9.40 Å². The second-order valence-electron chi connectivity index (χ2n) is 9.99. The van der Waals surface area contributed by atoms with Crippen molar-refractivity contribution in [3.05, 3.63) is 72.8 Å². The average Bonchev–Trinajstić information content (AvgIpc) is 3.43. The minimum atomic E-state index is -0.988. The molecule has 0 amide bonds. The fourth-order valence-electron chi connectivity index (χ4n) is 4.22. The molecule has 0 aliphatic heterocycles. The molecule has 35 heavy (non-hydrogen) atoms. The highest BCUT2D eigenvalue weighted by atomic mass is 32.1. The van der Waals surface area contributed by atoms with Gasteiger partial charge in [0.1, 0.15) is 5.52 Å². The predicted octanol–water partition coefficient (Wildman–Crippen LogP) is 6.83. The third-order valence-corrected chi connectivity index (χ3v) is 8.14. The topological polar surface area (TPSA) is 55.5 Å². The van der Waals surface area contributed by atoms with E-state index in [4.69, 9.17) is 14.1 Å². The molecule has 6 rings (SSSR count). The number of fused-ring (bicyclic) bond motifs is 6. The Morgan fingerprint density at radius 2 is 1.71 bits per heavy atom. The Kier molecular flexibility index (Phi) is 5.04. The van der Waals surface area contributed by atoms with Crippen molar-refractivity contribution in [1.82, 2.24) is 4.98 Å². The van der Waals surface area contributed by atoms with Gasteiger partial charge < -0.3 is 14.2 Å². The zero-order valence-corrected chi connectivity index (χ0v) is 20.9. The quantitative estimate of drug-likeness (QED) is 0.276. The molecule has 173 valence electrons. The molecule has 2 heterocycles. The lowest BCUT2D eigenvalue weighted by molar-refractivity contribution is -0.0893. The van der Waals surface area contributed by atoms with Gasteiger partial charge in [0.2, 0.25) is 5.89 Å². The van der Waals surface area contributed by atoms with Crippen LogP contribution in [0.2, 0.25) is 0 Å². The maximum atomic E-state index is 10.5. The van der Waals surface area contributed by atoms with Crippen LogP contribution in [-0.4, -0.2) is 28.8 Å². The van der Waals surface area contributed by atoms with Gasteiger partial charge in [-0.05, 0) is 74.3 Å². The standard InChI is InChI=1S/C29H25BNO3S/c1-28(2,32)29(3,4)34-30-21-10-7-11-24-25(21)20-16-18(13-15-23(20)35-24)27-31-22-14-12-17-8-5-6-9-19(17)26(22)33-27/h5-16,32H,1-4H3. The first-order chi connectivity index (χ1) is 16.7. The molecule has 0 bridgehead atoms. The van der Waals surface area contributed by atoms with Gasteiger partial charge in [0.15, 0.2) is 5.58 Å². The van der Waals surface area contributed by atoms with Crippen molar-refractivity contribution in [3.8, 4) is 11.5 Å². The molecule has 0 saturated carbocycles. The van der Waals surface area contributed by atoms with Crippen LogP contribution in [0.3, 0.4) is 0 Å². The van der Waals surface area contributed by atoms with E-state index >= 15 is 0 Å². The van der Waals surface area contributed by atoms with Crippen LogP contribution in [0.25, 0.3) is 53.5 Å². The monoisotopic (exact) mass is 478 g/mol. The molecule has 0 atom stereocenters. The molecule has 0 aliphatic rings. The maximum absolute atomic E-state index is 10.5. The van der Waals surface area contributed by atoms with E-state index < -0.39 is 11.2 Å². The molecule has 4 nitrogen and oxygen atoms in total. The Balaban J connectivity index is 1.46. The molecule has 6 aromatic rings. The molecule has 4 aromatic carbocycles. The smallest absolute Gasteiger partial charge is 0.331 e. The number of hydrogen-bond acceptors (Lipinski definition) is 5. The van der Waals surface area contributed by atoms with Crippen molar-refractivity contribution < 1.29 is 14.2 Å². The first-order valence-electron chi connectivity index (χ1n) is 11.7. The molecule has 0 aliphatic carbocycles. The summed E-state index contributed by atoms with van der Waals surface area (Å²) in [6, 6.07) is 24.9. The number of rotatable bonds is 5. The SMILES string of the molecule is CC(C)(O)C(C)(C)O[B]c1cccc2sc3ccc(-c4nc5ccc6ccccc6c5o4)cc3c12. The average molecular weight is 478 g/mol. The van der Waals surface area contributed by atoms with Crippen molar-refractivity contribution in [3.63, 3.8) is 0 Å². The lowest BCUT2D eigenvalue weighted by Gasteiger charge is -2.37. The lowest BCUT2D eigenvalue weighted by Crippen LogP contribution is -2.49. The van der Waals surface area contributed by atoms with Crippen LogP contribution < -0.4 is 5.46 Å². The summed E-state index contributed by atoms with van der Waals surface area (Å²) in [7, 11) is 1.77. The van der Waals surface area contributed by atoms with Crippen LogP contribution in [0.5, 0.6) is 0 Å². The highest BCUT2D eigenvalue weighted by Crippen LogP contribution is 2.37. The van der Waals surface area contributed by atoms with Crippen LogP contribution in [0.4, 0.5) is 0 Å². The zero-order chi connectivity index (χ0) is 24.4. The largest absolute Gasteiger partial charge is 0.435 e. The van der Waals surface area contributed by atoms with Gasteiger partial charge in [-0.25, -0.2) is 4.98 Å². The number of aromatic nitrogens is 1. The predicted molar refractivity (Wildman–Crippen MR) is 147 cm³/mol. The van der Waals surface area contributed by atoms with E-state index in [9.17, 15) is 5.11 Å². The van der Waals surface area contributed by atoms with Crippen molar-refractivity contribution in [2.24, 2.45) is 0 Å². The van der Waals surface area contributed by atoms with Gasteiger partial charge in [-0.1, -0.05) is 42.5 Å². The summed E-state index contributed by atoms with van der Waals surface area (Å²) in [5.41, 5.74) is 1.85. The number of oxazole rings is 1. The van der Waals surface area contributed by atoms with Crippen LogP contribution in [0, 0.1) is 0 Å². The summed E-state index contributed by atoms with van der Waals surface area (Å²) in [5, 5.41) is 15.0. The number of aliphatic hydroxyl groups is 1. The van der Waals surface area contributed by atoms with Gasteiger partial charge in [0.05, 0.1) is 11.2 Å². The lowest BCUT2D eigenvalue weighted by atomic mass is 9.80. The summed E-state index contributed by atoms with van der Waals surface area (Å²) < 4.78 is 14.8. The summed E-state index contributed by atoms with van der Waals surface area (Å²) >= 11 is 1.75. The fourth-order valence-corrected chi connectivity index (χ4v) is 5.34. The molecule has 0 spiro atoms. The Morgan fingerprint density at radius 3 is 2.54 bits per heavy atom. The summed E-state index contributed by atoms with van der Waals surface area (Å²) in [6.07, 6.45) is 0. The van der Waals surface area contributed by atoms with Crippen LogP contribution in [0.1, 0.15) is 27.7 Å². The minimum absolute atomic E-state index is 0.610. The van der Waals surface area contributed by atoms with Crippen molar-refractivity contribution in [2.75, 3.05) is 0 Å². The van der Waals surface area contributed by atoms with E-state index in [1.807, 2.05) is 44.2 Å². The van der Waals surface area contributed by atoms with E-state index in [0.717, 1.165) is 43.7 Å². The molecule has 1 radical (unpaired) electrons. The van der Waals surface area contributed by atoms with Gasteiger partial charge in [-0.2, -0.15) is 0 Å². The third-order valence-electron chi connectivity index (χ3n) is 7.01. The highest BCUT2D eigenvalue weighted by Gasteiger charge is 2.36. The third kappa shape index (κ3) is 3.73. The molecule has 0 fully saturated rings. The molecule has 0 saturated heterocycles. The molecular weight excluding hydrogens is 453 g/mol. The molecule has 6 heteroatoms. The molecular formula is C29H25BNO3S. The molecule has 0 unspecified atom stereocenters. The van der Waals surface area contributed by atoms with Crippen molar-refractivity contribution >= 4 is 66.3 Å². The van der Waals surface area contributed by atoms with Crippen LogP contribution in [0.15, 0.2) is 77.2 Å². The van der Waals surface area contributed by atoms with E-state index in [-0.39, 0.29) is 0 Å². The number of benzene rings is 4. The van der Waals surface area contributed by atoms with Crippen molar-refractivity contribution in [1.29, 1.82) is 0 Å². The number of thiophene rings is 1. The highest BCUT2D eigenvalue weighted by molar-refractivity contribution is 7.26. The van der Waals surface area contributed by atoms with Gasteiger partial charge in [-0.3, -0.25) is 0 Å². The summed E-state index contributed by atoms with van der Waals surface area (Å²) in [4.78, 5) is 4.80. The van der Waals surface area contributed by atoms with E-state index in [1.54, 1.807) is 32.7 Å². The molecule has 2 aromatic heterocycles. The Morgan fingerprint density at radius 1 is 0.886 bits per heavy atom. The van der Waals surface area contributed by atoms with Crippen LogP contribution >= 0.6 is 11.3 Å². The first-order valence-corrected chi connectivity index (χ1v) is 12.5. The van der Waals surface area contributed by atoms with Crippen LogP contribution in [-0.2, 0) is 4.65 Å². The maximum Gasteiger partial charge on any atom is 0.331 e. The molecule has 1 N–H and O–H groups in total. The second kappa shape index (κ2) is 7.92. The van der Waals surface area contributed by atoms with Crippen molar-refractivity contribution in [2.45, 2.75) is 38.9 Å². The van der Waals surface area contributed by atoms with E-state index in [0.29, 0.717) is 5.89 Å². The first kappa shape index (κ1) is 22.3. The number of nitrogens with zero attached hydrogens (tertiary/aromatic N) is 1. The normalized spacial score (nSPS) is 12.8. The number of hydrogen-bond donors (Lipinski definition) is 1. The van der Waals surface area contributed by atoms with E-state index in [2.05, 4.69) is 42.5 Å². The Hall–Kier alpha value is -3.19. The minimum Gasteiger partial charge on any atom is -0.435 e. The van der Waals surface area contributed by atoms with Gasteiger partial charge in [-0.15, -0.1) is 11.3 Å². The van der Waals surface area contributed by atoms with Gasteiger partial charge >= 0.3 is 7.48 Å². The fraction of sp³-hybridized carbons (Fsp3) is 0.207. The van der Waals surface area contributed by atoms with Gasteiger partial charge in [0.25, 0.3) is 0 Å². The Labute approximate surface area is 208 Å². The summed E-state index contributed by atoms with van der Waals surface area (Å²) in [5.74, 6) is 0.610. The zero-order valence-electron chi connectivity index (χ0n) is 20.1. The Bertz CT molecular complexity index is 1730. The summed E-state index contributed by atoms with van der Waals surface area (Å²) in [6.45, 7) is 7.31. The van der Waals surface area contributed by atoms with Gasteiger partial charge in [0, 0.05) is 25.7 Å².